The molecule has 0 aliphatic heterocycles. The molecule has 2 N–H and O–H groups in total. The van der Waals surface area contributed by atoms with Gasteiger partial charge in [-0.3, -0.25) is 4.79 Å². The third kappa shape index (κ3) is 4.83. The zero-order chi connectivity index (χ0) is 12.9. The number of nitrogens with one attached hydrogen (secondary N) is 1. The van der Waals surface area contributed by atoms with Crippen molar-refractivity contribution in [3.8, 4) is 5.75 Å². The van der Waals surface area contributed by atoms with Gasteiger partial charge in [0.15, 0.2) is 5.75 Å². The van der Waals surface area contributed by atoms with Gasteiger partial charge in [0.1, 0.15) is 5.75 Å². The normalized spacial score (nSPS) is 11.1. The van der Waals surface area contributed by atoms with E-state index < -0.39 is 21.7 Å². The number of carboxylic acid groups (broad SMARTS) is 1. The lowest BCUT2D eigenvalue weighted by atomic mass is 10.2. The van der Waals surface area contributed by atoms with E-state index >= 15 is 0 Å². The molecule has 1 aromatic rings. The van der Waals surface area contributed by atoms with Crippen LogP contribution in [0.3, 0.4) is 0 Å². The van der Waals surface area contributed by atoms with Crippen molar-refractivity contribution >= 4 is 16.0 Å². The standard InChI is InChI=1S/C10H13NO5S/c1-16-9-4-2-3-8(5-9)6-11-17(14,15)7-10(12)13/h2-5,11H,6-7H2,1H3,(H,12,13). The number of rotatable bonds is 6. The molecule has 0 saturated heterocycles. The fourth-order valence-electron chi connectivity index (χ4n) is 1.19. The van der Waals surface area contributed by atoms with Gasteiger partial charge in [-0.2, -0.15) is 0 Å². The lowest BCUT2D eigenvalue weighted by Crippen LogP contribution is -2.29. The van der Waals surface area contributed by atoms with E-state index in [1.54, 1.807) is 24.3 Å². The maximum absolute atomic E-state index is 11.2. The van der Waals surface area contributed by atoms with Crippen molar-refractivity contribution in [2.75, 3.05) is 12.9 Å². The smallest absolute Gasteiger partial charge is 0.320 e. The van der Waals surface area contributed by atoms with E-state index in [-0.39, 0.29) is 6.54 Å². The van der Waals surface area contributed by atoms with Crippen LogP contribution in [0, 0.1) is 0 Å². The minimum Gasteiger partial charge on any atom is -0.497 e. The zero-order valence-corrected chi connectivity index (χ0v) is 10.0. The molecule has 0 spiro atoms. The molecule has 0 unspecified atom stereocenters. The highest BCUT2D eigenvalue weighted by Gasteiger charge is 2.14. The summed E-state index contributed by atoms with van der Waals surface area (Å²) in [6, 6.07) is 6.84. The van der Waals surface area contributed by atoms with Crippen LogP contribution < -0.4 is 9.46 Å². The molecule has 0 saturated carbocycles. The maximum atomic E-state index is 11.2. The molecule has 1 rings (SSSR count). The number of methoxy groups -OCH3 is 1. The van der Waals surface area contributed by atoms with Gasteiger partial charge in [0.25, 0.3) is 0 Å². The average molecular weight is 259 g/mol. The molecule has 0 fully saturated rings. The molecule has 0 aliphatic carbocycles. The third-order valence-corrected chi connectivity index (χ3v) is 3.16. The summed E-state index contributed by atoms with van der Waals surface area (Å²) in [6.45, 7) is 0.0345. The first-order valence-electron chi connectivity index (χ1n) is 4.75. The van der Waals surface area contributed by atoms with E-state index in [4.69, 9.17) is 9.84 Å². The van der Waals surface area contributed by atoms with Crippen molar-refractivity contribution in [1.29, 1.82) is 0 Å². The molecule has 0 bridgehead atoms. The minimum absolute atomic E-state index is 0.0345. The quantitative estimate of drug-likeness (QED) is 0.761. The topological polar surface area (TPSA) is 92.7 Å². The van der Waals surface area contributed by atoms with Gasteiger partial charge in [-0.15, -0.1) is 0 Å². The molecule has 7 heteroatoms. The van der Waals surface area contributed by atoms with E-state index in [2.05, 4.69) is 4.72 Å². The number of sulfonamides is 1. The molecule has 17 heavy (non-hydrogen) atoms. The Bertz CT molecular complexity index is 497. The third-order valence-electron chi connectivity index (χ3n) is 1.94. The highest BCUT2D eigenvalue weighted by molar-refractivity contribution is 7.90. The summed E-state index contributed by atoms with van der Waals surface area (Å²) in [5.74, 6) is -1.71. The van der Waals surface area contributed by atoms with Gasteiger partial charge >= 0.3 is 5.97 Å². The van der Waals surface area contributed by atoms with Crippen LogP contribution in [0.2, 0.25) is 0 Å². The highest BCUT2D eigenvalue weighted by Crippen LogP contribution is 2.12. The number of benzene rings is 1. The molecule has 1 aromatic carbocycles. The zero-order valence-electron chi connectivity index (χ0n) is 9.21. The van der Waals surface area contributed by atoms with Crippen LogP contribution in [0.15, 0.2) is 24.3 Å². The molecular formula is C10H13NO5S. The number of carbonyl (C=O) groups is 1. The van der Waals surface area contributed by atoms with Crippen LogP contribution in [0.25, 0.3) is 0 Å². The summed E-state index contributed by atoms with van der Waals surface area (Å²) in [7, 11) is -2.28. The predicted octanol–water partition coefficient (Wildman–Crippen LogP) is 0.199. The summed E-state index contributed by atoms with van der Waals surface area (Å²) < 4.78 is 29.7. The van der Waals surface area contributed by atoms with Gasteiger partial charge in [-0.05, 0) is 17.7 Å². The number of carboxylic acids is 1. The lowest BCUT2D eigenvalue weighted by molar-refractivity contribution is -0.134. The Balaban J connectivity index is 2.64. The molecule has 0 atom stereocenters. The van der Waals surface area contributed by atoms with Crippen LogP contribution in [-0.4, -0.2) is 32.4 Å². The molecule has 0 amide bonds. The summed E-state index contributed by atoms with van der Waals surface area (Å²) in [5.41, 5.74) is 0.693. The van der Waals surface area contributed by atoms with Crippen molar-refractivity contribution in [3.05, 3.63) is 29.8 Å². The summed E-state index contributed by atoms with van der Waals surface area (Å²) in [5, 5.41) is 8.39. The molecule has 0 aromatic heterocycles. The summed E-state index contributed by atoms with van der Waals surface area (Å²) in [6.07, 6.45) is 0. The Morgan fingerprint density at radius 2 is 2.18 bits per heavy atom. The second kappa shape index (κ2) is 5.65. The first-order valence-corrected chi connectivity index (χ1v) is 6.40. The van der Waals surface area contributed by atoms with Crippen molar-refractivity contribution in [2.45, 2.75) is 6.54 Å². The van der Waals surface area contributed by atoms with Gasteiger partial charge in [-0.1, -0.05) is 12.1 Å². The summed E-state index contributed by atoms with van der Waals surface area (Å²) in [4.78, 5) is 10.3. The van der Waals surface area contributed by atoms with Crippen LogP contribution in [0.1, 0.15) is 5.56 Å². The number of aliphatic carboxylic acids is 1. The van der Waals surface area contributed by atoms with Crippen molar-refractivity contribution < 1.29 is 23.1 Å². The van der Waals surface area contributed by atoms with Crippen molar-refractivity contribution in [1.82, 2.24) is 4.72 Å². The molecular weight excluding hydrogens is 246 g/mol. The van der Waals surface area contributed by atoms with Gasteiger partial charge in [0, 0.05) is 6.54 Å². The minimum atomic E-state index is -3.79. The Morgan fingerprint density at radius 1 is 1.47 bits per heavy atom. The average Bonchev–Trinajstić information content (AvgIpc) is 2.25. The predicted molar refractivity (Wildman–Crippen MR) is 61.3 cm³/mol. The Labute approximate surface area is 99.3 Å². The summed E-state index contributed by atoms with van der Waals surface area (Å²) >= 11 is 0. The Kier molecular flexibility index (Phi) is 4.47. The lowest BCUT2D eigenvalue weighted by Gasteiger charge is -2.06. The van der Waals surface area contributed by atoms with Crippen LogP contribution >= 0.6 is 0 Å². The van der Waals surface area contributed by atoms with E-state index in [0.717, 1.165) is 0 Å². The van der Waals surface area contributed by atoms with Gasteiger partial charge in [0.2, 0.25) is 10.0 Å². The monoisotopic (exact) mass is 259 g/mol. The first kappa shape index (κ1) is 13.5. The second-order valence-electron chi connectivity index (χ2n) is 3.33. The van der Waals surface area contributed by atoms with Crippen molar-refractivity contribution in [2.24, 2.45) is 0 Å². The van der Waals surface area contributed by atoms with Crippen molar-refractivity contribution in [3.63, 3.8) is 0 Å². The molecule has 6 nitrogen and oxygen atoms in total. The maximum Gasteiger partial charge on any atom is 0.320 e. The Hall–Kier alpha value is -1.60. The van der Waals surface area contributed by atoms with E-state index in [0.29, 0.717) is 11.3 Å². The highest BCUT2D eigenvalue weighted by atomic mass is 32.2. The van der Waals surface area contributed by atoms with Gasteiger partial charge < -0.3 is 9.84 Å². The number of hydrogen-bond acceptors (Lipinski definition) is 4. The van der Waals surface area contributed by atoms with E-state index in [9.17, 15) is 13.2 Å². The van der Waals surface area contributed by atoms with Gasteiger partial charge in [0.05, 0.1) is 7.11 Å². The Morgan fingerprint density at radius 3 is 2.76 bits per heavy atom. The molecule has 0 aliphatic rings. The van der Waals surface area contributed by atoms with Crippen LogP contribution in [-0.2, 0) is 21.4 Å². The van der Waals surface area contributed by atoms with Gasteiger partial charge in [-0.25, -0.2) is 13.1 Å². The molecule has 94 valence electrons. The fourth-order valence-corrected chi connectivity index (χ4v) is 2.00. The number of ether oxygens (including phenoxy) is 1. The first-order chi connectivity index (χ1) is 7.93. The number of hydrogen-bond donors (Lipinski definition) is 2. The van der Waals surface area contributed by atoms with E-state index in [1.807, 2.05) is 0 Å². The SMILES string of the molecule is COc1cccc(CNS(=O)(=O)CC(=O)O)c1. The van der Waals surface area contributed by atoms with Crippen LogP contribution in [0.5, 0.6) is 5.75 Å². The largest absolute Gasteiger partial charge is 0.497 e. The fraction of sp³-hybridized carbons (Fsp3) is 0.300. The molecule has 0 radical (unpaired) electrons. The van der Waals surface area contributed by atoms with Crippen LogP contribution in [0.4, 0.5) is 0 Å². The molecule has 0 heterocycles. The van der Waals surface area contributed by atoms with E-state index in [1.165, 1.54) is 7.11 Å². The second-order valence-corrected chi connectivity index (χ2v) is 5.13.